The minimum absolute atomic E-state index is 0.530. The summed E-state index contributed by atoms with van der Waals surface area (Å²) in [7, 11) is 0. The molecule has 0 aliphatic rings. The van der Waals surface area contributed by atoms with Gasteiger partial charge in [0.1, 0.15) is 11.5 Å². The van der Waals surface area contributed by atoms with Gasteiger partial charge in [0, 0.05) is 5.88 Å². The standard InChI is InChI=1S/C15H13ClO/c16-12-4-5-13-8-10-15(11-9-13)17-14-6-2-1-3-7-14/h1-11H,12H2. The summed E-state index contributed by atoms with van der Waals surface area (Å²) >= 11 is 5.58. The van der Waals surface area contributed by atoms with Gasteiger partial charge in [-0.2, -0.15) is 0 Å². The molecule has 0 N–H and O–H groups in total. The summed E-state index contributed by atoms with van der Waals surface area (Å²) < 4.78 is 5.69. The van der Waals surface area contributed by atoms with Gasteiger partial charge in [0.2, 0.25) is 0 Å². The lowest BCUT2D eigenvalue weighted by atomic mass is 10.2. The summed E-state index contributed by atoms with van der Waals surface area (Å²) in [5.74, 6) is 2.21. The fourth-order valence-corrected chi connectivity index (χ4v) is 1.54. The van der Waals surface area contributed by atoms with Gasteiger partial charge in [0.15, 0.2) is 0 Å². The third kappa shape index (κ3) is 3.65. The Morgan fingerprint density at radius 1 is 0.882 bits per heavy atom. The number of hydrogen-bond acceptors (Lipinski definition) is 1. The summed E-state index contributed by atoms with van der Waals surface area (Å²) in [6.07, 6.45) is 3.90. The molecule has 0 aliphatic carbocycles. The molecule has 2 aromatic carbocycles. The molecule has 0 amide bonds. The Kier molecular flexibility index (Phi) is 4.23. The van der Waals surface area contributed by atoms with Crippen LogP contribution in [0.4, 0.5) is 0 Å². The molecule has 0 saturated heterocycles. The smallest absolute Gasteiger partial charge is 0.127 e. The highest BCUT2D eigenvalue weighted by Crippen LogP contribution is 2.21. The Labute approximate surface area is 106 Å². The summed E-state index contributed by atoms with van der Waals surface area (Å²) in [6, 6.07) is 17.6. The largest absolute Gasteiger partial charge is 0.457 e. The van der Waals surface area contributed by atoms with E-state index in [1.165, 1.54) is 0 Å². The first kappa shape index (κ1) is 11.7. The van der Waals surface area contributed by atoms with Gasteiger partial charge in [0.05, 0.1) is 0 Å². The van der Waals surface area contributed by atoms with Crippen LogP contribution >= 0.6 is 11.6 Å². The zero-order valence-corrected chi connectivity index (χ0v) is 10.1. The van der Waals surface area contributed by atoms with Gasteiger partial charge in [0.25, 0.3) is 0 Å². The van der Waals surface area contributed by atoms with Crippen molar-refractivity contribution >= 4 is 17.7 Å². The van der Waals surface area contributed by atoms with Crippen molar-refractivity contribution < 1.29 is 4.74 Å². The lowest BCUT2D eigenvalue weighted by Crippen LogP contribution is -1.83. The highest BCUT2D eigenvalue weighted by Gasteiger charge is 1.95. The predicted octanol–water partition coefficient (Wildman–Crippen LogP) is 4.73. The molecule has 0 heterocycles. The van der Waals surface area contributed by atoms with Crippen molar-refractivity contribution in [3.63, 3.8) is 0 Å². The third-order valence-electron chi connectivity index (χ3n) is 2.26. The van der Waals surface area contributed by atoms with E-state index in [4.69, 9.17) is 16.3 Å². The number of ether oxygens (including phenoxy) is 1. The number of rotatable bonds is 4. The molecule has 0 aromatic heterocycles. The Morgan fingerprint density at radius 2 is 1.53 bits per heavy atom. The quantitative estimate of drug-likeness (QED) is 0.707. The molecule has 1 nitrogen and oxygen atoms in total. The first-order chi connectivity index (χ1) is 8.38. The zero-order chi connectivity index (χ0) is 11.9. The second-order valence-corrected chi connectivity index (χ2v) is 3.85. The average molecular weight is 245 g/mol. The van der Waals surface area contributed by atoms with E-state index in [0.717, 1.165) is 17.1 Å². The Bertz CT molecular complexity index is 474. The highest BCUT2D eigenvalue weighted by molar-refractivity contribution is 6.19. The Morgan fingerprint density at radius 3 is 2.18 bits per heavy atom. The van der Waals surface area contributed by atoms with Crippen LogP contribution in [0.25, 0.3) is 6.08 Å². The lowest BCUT2D eigenvalue weighted by molar-refractivity contribution is 0.482. The van der Waals surface area contributed by atoms with E-state index < -0.39 is 0 Å². The predicted molar refractivity (Wildman–Crippen MR) is 72.7 cm³/mol. The normalized spacial score (nSPS) is 10.6. The monoisotopic (exact) mass is 244 g/mol. The minimum atomic E-state index is 0.530. The van der Waals surface area contributed by atoms with Crippen molar-refractivity contribution in [3.8, 4) is 11.5 Å². The topological polar surface area (TPSA) is 9.23 Å². The first-order valence-corrected chi connectivity index (χ1v) is 5.97. The summed E-state index contributed by atoms with van der Waals surface area (Å²) in [6.45, 7) is 0. The van der Waals surface area contributed by atoms with Crippen LogP contribution in [0, 0.1) is 0 Å². The van der Waals surface area contributed by atoms with Gasteiger partial charge >= 0.3 is 0 Å². The van der Waals surface area contributed by atoms with E-state index in [9.17, 15) is 0 Å². The lowest BCUT2D eigenvalue weighted by Gasteiger charge is -2.05. The van der Waals surface area contributed by atoms with Gasteiger partial charge in [-0.25, -0.2) is 0 Å². The molecule has 2 aromatic rings. The third-order valence-corrected chi connectivity index (χ3v) is 2.44. The fraction of sp³-hybridized carbons (Fsp3) is 0.0667. The molecular weight excluding hydrogens is 232 g/mol. The molecule has 0 radical (unpaired) electrons. The van der Waals surface area contributed by atoms with Crippen molar-refractivity contribution in [1.82, 2.24) is 0 Å². The summed E-state index contributed by atoms with van der Waals surface area (Å²) in [4.78, 5) is 0. The van der Waals surface area contributed by atoms with Crippen LogP contribution in [0.2, 0.25) is 0 Å². The molecule has 0 bridgehead atoms. The Balaban J connectivity index is 2.06. The minimum Gasteiger partial charge on any atom is -0.457 e. The first-order valence-electron chi connectivity index (χ1n) is 5.44. The average Bonchev–Trinajstić information content (AvgIpc) is 2.39. The van der Waals surface area contributed by atoms with Gasteiger partial charge in [-0.15, -0.1) is 11.6 Å². The molecule has 86 valence electrons. The fourth-order valence-electron chi connectivity index (χ4n) is 1.45. The van der Waals surface area contributed by atoms with Crippen LogP contribution in [0.5, 0.6) is 11.5 Å². The van der Waals surface area contributed by atoms with E-state index >= 15 is 0 Å². The molecule has 0 fully saturated rings. The van der Waals surface area contributed by atoms with Crippen LogP contribution in [-0.4, -0.2) is 5.88 Å². The second kappa shape index (κ2) is 6.12. The number of alkyl halides is 1. The number of benzene rings is 2. The van der Waals surface area contributed by atoms with Crippen LogP contribution in [0.1, 0.15) is 5.56 Å². The Hall–Kier alpha value is -1.73. The van der Waals surface area contributed by atoms with Gasteiger partial charge in [-0.1, -0.05) is 42.5 Å². The highest BCUT2D eigenvalue weighted by atomic mass is 35.5. The maximum absolute atomic E-state index is 5.69. The molecule has 0 unspecified atom stereocenters. The van der Waals surface area contributed by atoms with E-state index in [-0.39, 0.29) is 0 Å². The van der Waals surface area contributed by atoms with E-state index in [2.05, 4.69) is 0 Å². The maximum atomic E-state index is 5.69. The zero-order valence-electron chi connectivity index (χ0n) is 9.34. The molecule has 0 aliphatic heterocycles. The van der Waals surface area contributed by atoms with Crippen molar-refractivity contribution in [2.45, 2.75) is 0 Å². The van der Waals surface area contributed by atoms with E-state index in [1.54, 1.807) is 0 Å². The number of para-hydroxylation sites is 1. The van der Waals surface area contributed by atoms with E-state index in [1.807, 2.05) is 66.7 Å². The molecule has 0 saturated carbocycles. The molecule has 2 rings (SSSR count). The van der Waals surface area contributed by atoms with Crippen molar-refractivity contribution in [2.24, 2.45) is 0 Å². The summed E-state index contributed by atoms with van der Waals surface area (Å²) in [5.41, 5.74) is 1.12. The van der Waals surface area contributed by atoms with Crippen molar-refractivity contribution in [2.75, 3.05) is 5.88 Å². The van der Waals surface area contributed by atoms with Crippen LogP contribution in [0.3, 0.4) is 0 Å². The molecule has 0 atom stereocenters. The maximum Gasteiger partial charge on any atom is 0.127 e. The molecule has 17 heavy (non-hydrogen) atoms. The number of halogens is 1. The van der Waals surface area contributed by atoms with Gasteiger partial charge < -0.3 is 4.74 Å². The van der Waals surface area contributed by atoms with Crippen LogP contribution < -0.4 is 4.74 Å². The molecule has 0 spiro atoms. The van der Waals surface area contributed by atoms with Gasteiger partial charge in [-0.05, 0) is 29.8 Å². The summed E-state index contributed by atoms with van der Waals surface area (Å²) in [5, 5.41) is 0. The second-order valence-electron chi connectivity index (χ2n) is 3.54. The van der Waals surface area contributed by atoms with Crippen molar-refractivity contribution in [1.29, 1.82) is 0 Å². The number of allylic oxidation sites excluding steroid dienone is 1. The molecular formula is C15H13ClO. The van der Waals surface area contributed by atoms with Crippen LogP contribution in [0.15, 0.2) is 60.7 Å². The van der Waals surface area contributed by atoms with Crippen molar-refractivity contribution in [3.05, 3.63) is 66.2 Å². The number of hydrogen-bond donors (Lipinski definition) is 0. The van der Waals surface area contributed by atoms with Crippen LogP contribution in [-0.2, 0) is 0 Å². The molecule has 2 heteroatoms. The van der Waals surface area contributed by atoms with Gasteiger partial charge in [-0.3, -0.25) is 0 Å². The SMILES string of the molecule is ClCC=Cc1ccc(Oc2ccccc2)cc1. The van der Waals surface area contributed by atoms with E-state index in [0.29, 0.717) is 5.88 Å².